The number of carbonyl (C=O) groups is 2. The van der Waals surface area contributed by atoms with Crippen molar-refractivity contribution in [1.29, 1.82) is 0 Å². The molecule has 0 aromatic heterocycles. The second kappa shape index (κ2) is 3.33. The van der Waals surface area contributed by atoms with Crippen molar-refractivity contribution in [2.75, 3.05) is 0 Å². The van der Waals surface area contributed by atoms with Crippen LogP contribution in [0.25, 0.3) is 0 Å². The molecule has 3 heteroatoms. The van der Waals surface area contributed by atoms with E-state index in [1.54, 1.807) is 6.92 Å². The number of hydrogen-bond acceptors (Lipinski definition) is 2. The summed E-state index contributed by atoms with van der Waals surface area (Å²) in [6, 6.07) is -0.350. The topological polar surface area (TPSA) is 46.2 Å². The molecule has 0 heterocycles. The van der Waals surface area contributed by atoms with Crippen LogP contribution in [0.5, 0.6) is 0 Å². The zero-order chi connectivity index (χ0) is 5.70. The van der Waals surface area contributed by atoms with Gasteiger partial charge < -0.3 is 10.1 Å². The Labute approximate surface area is 41.7 Å². The fourth-order valence-electron chi connectivity index (χ4n) is 0.147. The highest BCUT2D eigenvalue weighted by atomic mass is 16.1. The van der Waals surface area contributed by atoms with Crippen LogP contribution in [0.1, 0.15) is 6.92 Å². The minimum atomic E-state index is -0.350. The van der Waals surface area contributed by atoms with Gasteiger partial charge in [0.25, 0.3) is 0 Å². The van der Waals surface area contributed by atoms with Crippen molar-refractivity contribution in [3.05, 3.63) is 0 Å². The Morgan fingerprint density at radius 3 is 2.29 bits per heavy atom. The summed E-state index contributed by atoms with van der Waals surface area (Å²) in [4.78, 5) is 19.2. The van der Waals surface area contributed by atoms with Gasteiger partial charge in [0, 0.05) is 0 Å². The van der Waals surface area contributed by atoms with Crippen molar-refractivity contribution in [3.8, 4) is 0 Å². The van der Waals surface area contributed by atoms with Gasteiger partial charge in [-0.1, -0.05) is 0 Å². The Morgan fingerprint density at radius 1 is 1.57 bits per heavy atom. The van der Waals surface area contributed by atoms with Crippen LogP contribution in [0.15, 0.2) is 0 Å². The predicted octanol–water partition coefficient (Wildman–Crippen LogP) is -0.680. The van der Waals surface area contributed by atoms with E-state index in [1.165, 1.54) is 0 Å². The van der Waals surface area contributed by atoms with Crippen LogP contribution in [0.3, 0.4) is 0 Å². The highest BCUT2D eigenvalue weighted by Gasteiger charge is 1.90. The maximum absolute atomic E-state index is 9.67. The van der Waals surface area contributed by atoms with Gasteiger partial charge in [0.2, 0.25) is 6.41 Å². The second-order valence-electron chi connectivity index (χ2n) is 1.21. The van der Waals surface area contributed by atoms with E-state index < -0.39 is 0 Å². The molecule has 0 aromatic carbocycles. The largest absolute Gasteiger partial charge is 0.349 e. The monoisotopic (exact) mass is 101 g/mol. The summed E-state index contributed by atoms with van der Waals surface area (Å²) in [5.41, 5.74) is 0. The normalized spacial score (nSPS) is 12.1. The van der Waals surface area contributed by atoms with E-state index in [1.807, 2.05) is 0 Å². The van der Waals surface area contributed by atoms with E-state index in [9.17, 15) is 9.59 Å². The average Bonchev–Trinajstić information content (AvgIpc) is 1.68. The smallest absolute Gasteiger partial charge is 0.207 e. The van der Waals surface area contributed by atoms with Gasteiger partial charge in [0.05, 0.1) is 6.04 Å². The third-order valence-corrected chi connectivity index (χ3v) is 0.535. The number of aldehydes is 1. The molecule has 1 N–H and O–H groups in total. The fraction of sp³-hybridized carbons (Fsp3) is 0.500. The van der Waals surface area contributed by atoms with Crippen molar-refractivity contribution in [2.45, 2.75) is 13.0 Å². The lowest BCUT2D eigenvalue weighted by atomic mass is 10.4. The standard InChI is InChI=1S/C4H7NO2/c1-4(2-6)5-3-7/h2-4H,1H3,(H,5,7)/t4-/m1/s1. The summed E-state index contributed by atoms with van der Waals surface area (Å²) in [5, 5.41) is 2.25. The first-order valence-electron chi connectivity index (χ1n) is 1.96. The van der Waals surface area contributed by atoms with E-state index in [0.717, 1.165) is 0 Å². The minimum absolute atomic E-state index is 0.350. The highest BCUT2D eigenvalue weighted by Crippen LogP contribution is 1.65. The van der Waals surface area contributed by atoms with Crippen molar-refractivity contribution in [2.24, 2.45) is 0 Å². The van der Waals surface area contributed by atoms with Gasteiger partial charge in [-0.2, -0.15) is 0 Å². The molecule has 7 heavy (non-hydrogen) atoms. The first-order valence-corrected chi connectivity index (χ1v) is 1.96. The van der Waals surface area contributed by atoms with Crippen LogP contribution >= 0.6 is 0 Å². The molecule has 0 unspecified atom stereocenters. The number of hydrogen-bond donors (Lipinski definition) is 1. The molecule has 40 valence electrons. The molecule has 0 aliphatic heterocycles. The third kappa shape index (κ3) is 2.96. The molecule has 0 rings (SSSR count). The second-order valence-corrected chi connectivity index (χ2v) is 1.21. The van der Waals surface area contributed by atoms with Gasteiger partial charge >= 0.3 is 0 Å². The highest BCUT2D eigenvalue weighted by molar-refractivity contribution is 5.62. The van der Waals surface area contributed by atoms with E-state index in [4.69, 9.17) is 0 Å². The lowest BCUT2D eigenvalue weighted by molar-refractivity contribution is -0.114. The van der Waals surface area contributed by atoms with Crippen molar-refractivity contribution in [1.82, 2.24) is 5.32 Å². The van der Waals surface area contributed by atoms with E-state index >= 15 is 0 Å². The fourth-order valence-corrected chi connectivity index (χ4v) is 0.147. The molecule has 3 nitrogen and oxygen atoms in total. The van der Waals surface area contributed by atoms with Crippen LogP contribution in [-0.4, -0.2) is 18.7 Å². The van der Waals surface area contributed by atoms with E-state index in [0.29, 0.717) is 12.7 Å². The first-order chi connectivity index (χ1) is 3.31. The lowest BCUT2D eigenvalue weighted by Crippen LogP contribution is -2.24. The average molecular weight is 101 g/mol. The zero-order valence-corrected chi connectivity index (χ0v) is 4.05. The maximum Gasteiger partial charge on any atom is 0.207 e. The van der Waals surface area contributed by atoms with Gasteiger partial charge in [-0.3, -0.25) is 4.79 Å². The Bertz CT molecular complexity index is 72.1. The van der Waals surface area contributed by atoms with Crippen LogP contribution < -0.4 is 5.32 Å². The van der Waals surface area contributed by atoms with Gasteiger partial charge in [0.15, 0.2) is 0 Å². The molecule has 0 saturated heterocycles. The van der Waals surface area contributed by atoms with Crippen LogP contribution in [-0.2, 0) is 9.59 Å². The Kier molecular flexibility index (Phi) is 2.92. The molecule has 0 aliphatic rings. The number of rotatable bonds is 3. The van der Waals surface area contributed by atoms with Crippen LogP contribution in [0.4, 0.5) is 0 Å². The lowest BCUT2D eigenvalue weighted by Gasteiger charge is -1.95. The van der Waals surface area contributed by atoms with Crippen LogP contribution in [0, 0.1) is 0 Å². The summed E-state index contributed by atoms with van der Waals surface area (Å²) < 4.78 is 0. The molecule has 1 amide bonds. The Hall–Kier alpha value is -0.860. The summed E-state index contributed by atoms with van der Waals surface area (Å²) in [7, 11) is 0. The van der Waals surface area contributed by atoms with E-state index in [2.05, 4.69) is 5.32 Å². The quantitative estimate of drug-likeness (QED) is 0.479. The van der Waals surface area contributed by atoms with Gasteiger partial charge in [-0.05, 0) is 6.92 Å². The molecular formula is C4H7NO2. The predicted molar refractivity (Wildman–Crippen MR) is 24.7 cm³/mol. The summed E-state index contributed by atoms with van der Waals surface area (Å²) in [6.45, 7) is 1.60. The Balaban J connectivity index is 3.15. The summed E-state index contributed by atoms with van der Waals surface area (Å²) >= 11 is 0. The minimum Gasteiger partial charge on any atom is -0.349 e. The van der Waals surface area contributed by atoms with Gasteiger partial charge in [-0.25, -0.2) is 0 Å². The van der Waals surface area contributed by atoms with Crippen molar-refractivity contribution in [3.63, 3.8) is 0 Å². The third-order valence-electron chi connectivity index (χ3n) is 0.535. The molecule has 1 atom stereocenters. The Morgan fingerprint density at radius 2 is 2.14 bits per heavy atom. The number of amides is 1. The van der Waals surface area contributed by atoms with Crippen LogP contribution in [0.2, 0.25) is 0 Å². The number of nitrogens with one attached hydrogen (secondary N) is 1. The molecular weight excluding hydrogens is 94.0 g/mol. The molecule has 0 radical (unpaired) electrons. The van der Waals surface area contributed by atoms with Gasteiger partial charge in [-0.15, -0.1) is 0 Å². The van der Waals surface area contributed by atoms with Gasteiger partial charge in [0.1, 0.15) is 6.29 Å². The molecule has 0 fully saturated rings. The van der Waals surface area contributed by atoms with E-state index in [-0.39, 0.29) is 6.04 Å². The molecule has 0 bridgehead atoms. The first kappa shape index (κ1) is 6.14. The SMILES string of the molecule is C[C@H](C=O)NC=O. The summed E-state index contributed by atoms with van der Waals surface area (Å²) in [6.07, 6.45) is 1.16. The molecule has 0 saturated carbocycles. The molecule has 0 aliphatic carbocycles. The summed E-state index contributed by atoms with van der Waals surface area (Å²) in [5.74, 6) is 0. The zero-order valence-electron chi connectivity index (χ0n) is 4.05. The molecule has 0 aromatic rings. The van der Waals surface area contributed by atoms with Crippen molar-refractivity contribution < 1.29 is 9.59 Å². The number of carbonyl (C=O) groups excluding carboxylic acids is 2. The van der Waals surface area contributed by atoms with Crippen molar-refractivity contribution >= 4 is 12.7 Å². The molecule has 0 spiro atoms. The maximum atomic E-state index is 9.67.